The summed E-state index contributed by atoms with van der Waals surface area (Å²) in [5.41, 5.74) is 2.77. The normalized spacial score (nSPS) is 11.0. The molecule has 1 aromatic heterocycles. The van der Waals surface area contributed by atoms with Crippen LogP contribution in [0.15, 0.2) is 36.7 Å². The molecule has 0 atom stereocenters. The Bertz CT molecular complexity index is 617. The van der Waals surface area contributed by atoms with Gasteiger partial charge in [-0.1, -0.05) is 11.6 Å². The molecule has 2 aromatic rings. The van der Waals surface area contributed by atoms with Gasteiger partial charge in [-0.25, -0.2) is 9.48 Å². The fourth-order valence-corrected chi connectivity index (χ4v) is 2.00. The van der Waals surface area contributed by atoms with Gasteiger partial charge < -0.3 is 5.11 Å². The maximum absolute atomic E-state index is 10.6. The molecule has 0 unspecified atom stereocenters. The smallest absolute Gasteiger partial charge is 0.328 e. The van der Waals surface area contributed by atoms with E-state index in [1.165, 1.54) is 0 Å². The van der Waals surface area contributed by atoms with Crippen molar-refractivity contribution in [3.05, 3.63) is 51.4 Å². The lowest BCUT2D eigenvalue weighted by molar-refractivity contribution is -0.131. The first-order chi connectivity index (χ1) is 8.56. The van der Waals surface area contributed by atoms with E-state index in [0.29, 0.717) is 0 Å². The molecule has 0 spiro atoms. The maximum atomic E-state index is 10.6. The van der Waals surface area contributed by atoms with Crippen molar-refractivity contribution >= 4 is 34.6 Å². The summed E-state index contributed by atoms with van der Waals surface area (Å²) in [4.78, 5) is 10.6. The standard InChI is InChI=1S/C13H11IN2O2/c1-9-2-4-12(16-8-11(14)7-15-16)10(6-9)3-5-13(17)18/h2-8H,1H3,(H,17,18)/b5-3+. The van der Waals surface area contributed by atoms with E-state index in [4.69, 9.17) is 5.11 Å². The SMILES string of the molecule is Cc1ccc(-n2cc(I)cn2)c(/C=C/C(=O)O)c1. The molecule has 5 heteroatoms. The molecule has 92 valence electrons. The highest BCUT2D eigenvalue weighted by Gasteiger charge is 2.04. The van der Waals surface area contributed by atoms with Gasteiger partial charge in [-0.15, -0.1) is 0 Å². The summed E-state index contributed by atoms with van der Waals surface area (Å²) < 4.78 is 2.77. The van der Waals surface area contributed by atoms with Gasteiger partial charge in [0.2, 0.25) is 0 Å². The van der Waals surface area contributed by atoms with Gasteiger partial charge in [-0.2, -0.15) is 5.10 Å². The lowest BCUT2D eigenvalue weighted by Crippen LogP contribution is -1.98. The lowest BCUT2D eigenvalue weighted by Gasteiger charge is -2.07. The highest BCUT2D eigenvalue weighted by Crippen LogP contribution is 2.18. The van der Waals surface area contributed by atoms with Crippen LogP contribution in [-0.2, 0) is 4.79 Å². The van der Waals surface area contributed by atoms with E-state index < -0.39 is 5.97 Å². The zero-order valence-corrected chi connectivity index (χ0v) is 11.8. The molecule has 0 radical (unpaired) electrons. The Kier molecular flexibility index (Phi) is 3.81. The number of hydrogen-bond donors (Lipinski definition) is 1. The van der Waals surface area contributed by atoms with Gasteiger partial charge in [0.15, 0.2) is 0 Å². The van der Waals surface area contributed by atoms with E-state index in [1.807, 2.05) is 31.3 Å². The molecular formula is C13H11IN2O2. The predicted molar refractivity (Wildman–Crippen MR) is 77.7 cm³/mol. The molecule has 0 aliphatic rings. The Labute approximate surface area is 118 Å². The van der Waals surface area contributed by atoms with Crippen LogP contribution >= 0.6 is 22.6 Å². The van der Waals surface area contributed by atoms with Crippen LogP contribution in [-0.4, -0.2) is 20.9 Å². The van der Waals surface area contributed by atoms with Crippen LogP contribution in [0, 0.1) is 10.5 Å². The quantitative estimate of drug-likeness (QED) is 0.681. The summed E-state index contributed by atoms with van der Waals surface area (Å²) in [6.45, 7) is 1.97. The molecule has 0 saturated carbocycles. The molecule has 0 aliphatic heterocycles. The van der Waals surface area contributed by atoms with Crippen molar-refractivity contribution in [2.24, 2.45) is 0 Å². The van der Waals surface area contributed by atoms with E-state index in [9.17, 15) is 4.79 Å². The molecule has 0 aliphatic carbocycles. The highest BCUT2D eigenvalue weighted by atomic mass is 127. The first kappa shape index (κ1) is 12.8. The fourth-order valence-electron chi connectivity index (χ4n) is 1.61. The predicted octanol–water partition coefficient (Wildman–Crippen LogP) is 2.88. The Morgan fingerprint density at radius 1 is 1.50 bits per heavy atom. The van der Waals surface area contributed by atoms with E-state index >= 15 is 0 Å². The maximum Gasteiger partial charge on any atom is 0.328 e. The van der Waals surface area contributed by atoms with Crippen molar-refractivity contribution < 1.29 is 9.90 Å². The number of aliphatic carboxylic acids is 1. The van der Waals surface area contributed by atoms with Crippen LogP contribution < -0.4 is 0 Å². The molecule has 18 heavy (non-hydrogen) atoms. The molecule has 0 amide bonds. The number of carbonyl (C=O) groups is 1. The van der Waals surface area contributed by atoms with Gasteiger partial charge in [0, 0.05) is 17.8 Å². The zero-order valence-electron chi connectivity index (χ0n) is 9.67. The molecule has 1 heterocycles. The molecule has 1 N–H and O–H groups in total. The molecule has 4 nitrogen and oxygen atoms in total. The van der Waals surface area contributed by atoms with Gasteiger partial charge in [0.05, 0.1) is 15.5 Å². The van der Waals surface area contributed by atoms with E-state index in [0.717, 1.165) is 26.5 Å². The van der Waals surface area contributed by atoms with Crippen LogP contribution in [0.5, 0.6) is 0 Å². The number of carboxylic acids is 1. The topological polar surface area (TPSA) is 55.1 Å². The summed E-state index contributed by atoms with van der Waals surface area (Å²) in [5, 5.41) is 12.9. The van der Waals surface area contributed by atoms with Crippen molar-refractivity contribution in [1.29, 1.82) is 0 Å². The van der Waals surface area contributed by atoms with Crippen molar-refractivity contribution in [1.82, 2.24) is 9.78 Å². The minimum Gasteiger partial charge on any atom is -0.478 e. The van der Waals surface area contributed by atoms with Gasteiger partial charge in [-0.05, 0) is 47.7 Å². The Hall–Kier alpha value is -1.63. The summed E-state index contributed by atoms with van der Waals surface area (Å²) in [5.74, 6) is -0.961. The Balaban J connectivity index is 2.50. The van der Waals surface area contributed by atoms with Gasteiger partial charge >= 0.3 is 5.97 Å². The number of nitrogens with zero attached hydrogens (tertiary/aromatic N) is 2. The van der Waals surface area contributed by atoms with Gasteiger partial charge in [0.1, 0.15) is 0 Å². The van der Waals surface area contributed by atoms with Crippen LogP contribution in [0.3, 0.4) is 0 Å². The molecule has 0 saturated heterocycles. The summed E-state index contributed by atoms with van der Waals surface area (Å²) >= 11 is 2.18. The second-order valence-corrected chi connectivity index (χ2v) is 5.08. The van der Waals surface area contributed by atoms with E-state index in [1.54, 1.807) is 17.0 Å². The first-order valence-corrected chi connectivity index (χ1v) is 6.36. The molecular weight excluding hydrogens is 343 g/mol. The van der Waals surface area contributed by atoms with Crippen molar-refractivity contribution in [2.75, 3.05) is 0 Å². The monoisotopic (exact) mass is 354 g/mol. The van der Waals surface area contributed by atoms with Crippen LogP contribution in [0.2, 0.25) is 0 Å². The molecule has 0 fully saturated rings. The Morgan fingerprint density at radius 2 is 2.28 bits per heavy atom. The largest absolute Gasteiger partial charge is 0.478 e. The average Bonchev–Trinajstić information content (AvgIpc) is 2.73. The number of carboxylic acid groups (broad SMARTS) is 1. The van der Waals surface area contributed by atoms with Crippen molar-refractivity contribution in [2.45, 2.75) is 6.92 Å². The summed E-state index contributed by atoms with van der Waals surface area (Å²) in [7, 11) is 0. The third kappa shape index (κ3) is 2.98. The number of benzene rings is 1. The molecule has 2 rings (SSSR count). The number of aromatic nitrogens is 2. The van der Waals surface area contributed by atoms with Crippen molar-refractivity contribution in [3.8, 4) is 5.69 Å². The minimum atomic E-state index is -0.961. The second-order valence-electron chi connectivity index (χ2n) is 3.84. The van der Waals surface area contributed by atoms with Crippen LogP contribution in [0.1, 0.15) is 11.1 Å². The summed E-state index contributed by atoms with van der Waals surface area (Å²) in [6.07, 6.45) is 6.36. The highest BCUT2D eigenvalue weighted by molar-refractivity contribution is 14.1. The number of hydrogen-bond acceptors (Lipinski definition) is 2. The molecule has 0 bridgehead atoms. The Morgan fingerprint density at radius 3 is 2.89 bits per heavy atom. The first-order valence-electron chi connectivity index (χ1n) is 5.28. The fraction of sp³-hybridized carbons (Fsp3) is 0.0769. The summed E-state index contributed by atoms with van der Waals surface area (Å²) in [6, 6.07) is 5.84. The minimum absolute atomic E-state index is 0.830. The van der Waals surface area contributed by atoms with Gasteiger partial charge in [0.25, 0.3) is 0 Å². The number of rotatable bonds is 3. The number of halogens is 1. The van der Waals surface area contributed by atoms with E-state index in [2.05, 4.69) is 27.7 Å². The van der Waals surface area contributed by atoms with Crippen LogP contribution in [0.4, 0.5) is 0 Å². The average molecular weight is 354 g/mol. The number of aryl methyl sites for hydroxylation is 1. The lowest BCUT2D eigenvalue weighted by atomic mass is 10.1. The van der Waals surface area contributed by atoms with Gasteiger partial charge in [-0.3, -0.25) is 0 Å². The van der Waals surface area contributed by atoms with Crippen LogP contribution in [0.25, 0.3) is 11.8 Å². The van der Waals surface area contributed by atoms with Crippen molar-refractivity contribution in [3.63, 3.8) is 0 Å². The zero-order chi connectivity index (χ0) is 13.1. The van der Waals surface area contributed by atoms with E-state index in [-0.39, 0.29) is 0 Å². The third-order valence-electron chi connectivity index (χ3n) is 2.39. The molecule has 1 aromatic carbocycles. The second kappa shape index (κ2) is 5.34. The third-order valence-corrected chi connectivity index (χ3v) is 2.94.